The van der Waals surface area contributed by atoms with Crippen LogP contribution in [-0.2, 0) is 32.0 Å². The summed E-state index contributed by atoms with van der Waals surface area (Å²) in [6.45, 7) is 6.18. The Morgan fingerprint density at radius 3 is 2.38 bits per heavy atom. The van der Waals surface area contributed by atoms with Crippen LogP contribution in [0.2, 0.25) is 0 Å². The number of carbonyl (C=O) groups excluding carboxylic acids is 4. The summed E-state index contributed by atoms with van der Waals surface area (Å²) >= 11 is 0. The van der Waals surface area contributed by atoms with Gasteiger partial charge in [-0.15, -0.1) is 0 Å². The summed E-state index contributed by atoms with van der Waals surface area (Å²) in [5, 5.41) is 11.3. The Kier molecular flexibility index (Phi) is 13.5. The van der Waals surface area contributed by atoms with Gasteiger partial charge in [0.15, 0.2) is 5.78 Å². The van der Waals surface area contributed by atoms with E-state index >= 15 is 0 Å². The molecule has 1 aliphatic carbocycles. The van der Waals surface area contributed by atoms with Crippen molar-refractivity contribution in [1.29, 1.82) is 0 Å². The summed E-state index contributed by atoms with van der Waals surface area (Å²) < 4.78 is 0. The SMILES string of the molecule is CCC(=O)N[C@@H](Cc1ccc2ccccc2c1)C(=O)N[C@H](C(=O)C[C@@H](CCCCN)C(=O)N[C@H]1CCCc2ccccc21)[C@@H](C)CC. The molecule has 0 fully saturated rings. The Labute approximate surface area is 279 Å². The van der Waals surface area contributed by atoms with Gasteiger partial charge in [0, 0.05) is 25.2 Å². The number of benzene rings is 3. The molecule has 0 bridgehead atoms. The molecule has 0 aliphatic heterocycles. The maximum atomic E-state index is 14.0. The van der Waals surface area contributed by atoms with Gasteiger partial charge in [0.2, 0.25) is 17.7 Å². The molecule has 0 aromatic heterocycles. The number of aryl methyl sites for hydroxylation is 1. The van der Waals surface area contributed by atoms with E-state index in [1.807, 2.05) is 68.4 Å². The first kappa shape index (κ1) is 35.8. The number of hydrogen-bond acceptors (Lipinski definition) is 5. The van der Waals surface area contributed by atoms with E-state index in [9.17, 15) is 19.2 Å². The fourth-order valence-corrected chi connectivity index (χ4v) is 6.56. The van der Waals surface area contributed by atoms with Gasteiger partial charge in [0.05, 0.1) is 12.1 Å². The molecule has 1 aliphatic rings. The van der Waals surface area contributed by atoms with Crippen molar-refractivity contribution in [3.63, 3.8) is 0 Å². The lowest BCUT2D eigenvalue weighted by Crippen LogP contribution is -2.54. The molecule has 5 N–H and O–H groups in total. The van der Waals surface area contributed by atoms with Crippen molar-refractivity contribution in [3.05, 3.63) is 83.4 Å². The number of nitrogens with one attached hydrogen (secondary N) is 3. The summed E-state index contributed by atoms with van der Waals surface area (Å²) in [5.74, 6) is -1.63. The highest BCUT2D eigenvalue weighted by Crippen LogP contribution is 2.30. The van der Waals surface area contributed by atoms with Gasteiger partial charge in [-0.1, -0.05) is 100 Å². The standard InChI is InChI=1S/C39H52N4O4/c1-4-26(3)37(43-39(47)34(41-36(45)5-2)24-27-20-21-28-13-6-7-15-30(28)23-27)35(44)25-31(16-10-11-22-40)38(46)42-33-19-12-17-29-14-8-9-18-32(29)33/h6-9,13-15,18,20-21,23,26,31,33-34,37H,4-5,10-12,16-17,19,22,24-25,40H2,1-3H3,(H,41,45)(H,42,46)(H,43,47)/t26-,31+,33-,34-,37-/m0/s1. The topological polar surface area (TPSA) is 130 Å². The molecule has 3 aromatic rings. The van der Waals surface area contributed by atoms with E-state index in [0.717, 1.165) is 54.0 Å². The number of nitrogens with two attached hydrogens (primary N) is 1. The van der Waals surface area contributed by atoms with Crippen LogP contribution >= 0.6 is 0 Å². The molecule has 8 heteroatoms. The number of hydrogen-bond donors (Lipinski definition) is 4. The number of fused-ring (bicyclic) bond motifs is 2. The van der Waals surface area contributed by atoms with Gasteiger partial charge < -0.3 is 21.7 Å². The summed E-state index contributed by atoms with van der Waals surface area (Å²) in [4.78, 5) is 54.1. The van der Waals surface area contributed by atoms with Crippen molar-refractivity contribution in [3.8, 4) is 0 Å². The highest BCUT2D eigenvalue weighted by Gasteiger charge is 2.33. The van der Waals surface area contributed by atoms with Gasteiger partial charge in [-0.25, -0.2) is 0 Å². The molecule has 8 nitrogen and oxygen atoms in total. The normalized spacial score (nSPS) is 16.7. The molecule has 47 heavy (non-hydrogen) atoms. The van der Waals surface area contributed by atoms with E-state index < -0.39 is 23.9 Å². The quantitative estimate of drug-likeness (QED) is 0.141. The molecular weight excluding hydrogens is 588 g/mol. The van der Waals surface area contributed by atoms with Crippen molar-refractivity contribution in [2.24, 2.45) is 17.6 Å². The van der Waals surface area contributed by atoms with Crippen LogP contribution in [0.5, 0.6) is 0 Å². The number of ketones is 1. The van der Waals surface area contributed by atoms with Crippen LogP contribution in [0.3, 0.4) is 0 Å². The lowest BCUT2D eigenvalue weighted by Gasteiger charge is -2.30. The summed E-state index contributed by atoms with van der Waals surface area (Å²) in [6.07, 6.45) is 6.11. The molecular formula is C39H52N4O4. The maximum absolute atomic E-state index is 14.0. The van der Waals surface area contributed by atoms with Crippen molar-refractivity contribution in [2.45, 2.75) is 103 Å². The van der Waals surface area contributed by atoms with Crippen molar-refractivity contribution in [2.75, 3.05) is 6.54 Å². The molecule has 0 unspecified atom stereocenters. The molecule has 0 radical (unpaired) electrons. The number of carbonyl (C=O) groups is 4. The van der Waals surface area contributed by atoms with Gasteiger partial charge in [0.1, 0.15) is 6.04 Å². The molecule has 0 spiro atoms. The van der Waals surface area contributed by atoms with Crippen LogP contribution in [0, 0.1) is 11.8 Å². The highest BCUT2D eigenvalue weighted by atomic mass is 16.2. The Balaban J connectivity index is 1.50. The zero-order chi connectivity index (χ0) is 33.8. The highest BCUT2D eigenvalue weighted by molar-refractivity contribution is 5.95. The number of rotatable bonds is 17. The molecule has 3 amide bonds. The third kappa shape index (κ3) is 9.97. The van der Waals surface area contributed by atoms with E-state index in [1.54, 1.807) is 6.92 Å². The number of amides is 3. The second-order valence-corrected chi connectivity index (χ2v) is 13.0. The first-order chi connectivity index (χ1) is 22.7. The largest absolute Gasteiger partial charge is 0.349 e. The minimum Gasteiger partial charge on any atom is -0.349 e. The van der Waals surface area contributed by atoms with E-state index in [-0.39, 0.29) is 48.8 Å². The summed E-state index contributed by atoms with van der Waals surface area (Å²) in [6, 6.07) is 20.5. The molecule has 3 aromatic carbocycles. The maximum Gasteiger partial charge on any atom is 0.243 e. The van der Waals surface area contributed by atoms with Crippen LogP contribution in [0.1, 0.15) is 94.9 Å². The first-order valence-corrected chi connectivity index (χ1v) is 17.4. The predicted octanol–water partition coefficient (Wildman–Crippen LogP) is 5.71. The van der Waals surface area contributed by atoms with Crippen LogP contribution < -0.4 is 21.7 Å². The monoisotopic (exact) mass is 640 g/mol. The second-order valence-electron chi connectivity index (χ2n) is 13.0. The smallest absolute Gasteiger partial charge is 0.243 e. The average Bonchev–Trinajstić information content (AvgIpc) is 3.09. The van der Waals surface area contributed by atoms with Gasteiger partial charge in [-0.2, -0.15) is 0 Å². The fraction of sp³-hybridized carbons (Fsp3) is 0.487. The predicted molar refractivity (Wildman–Crippen MR) is 188 cm³/mol. The van der Waals surface area contributed by atoms with Crippen LogP contribution in [0.25, 0.3) is 10.8 Å². The Bertz CT molecular complexity index is 1520. The zero-order valence-corrected chi connectivity index (χ0v) is 28.2. The van der Waals surface area contributed by atoms with Crippen molar-refractivity contribution < 1.29 is 19.2 Å². The minimum absolute atomic E-state index is 0.0245. The fourth-order valence-electron chi connectivity index (χ4n) is 6.56. The van der Waals surface area contributed by atoms with Crippen LogP contribution in [0.15, 0.2) is 66.7 Å². The lowest BCUT2D eigenvalue weighted by molar-refractivity contribution is -0.134. The van der Waals surface area contributed by atoms with Crippen LogP contribution in [-0.4, -0.2) is 42.1 Å². The average molecular weight is 641 g/mol. The van der Waals surface area contributed by atoms with Gasteiger partial charge in [0.25, 0.3) is 0 Å². The molecule has 252 valence electrons. The molecule has 0 heterocycles. The Morgan fingerprint density at radius 1 is 0.894 bits per heavy atom. The third-order valence-electron chi connectivity index (χ3n) is 9.60. The van der Waals surface area contributed by atoms with Gasteiger partial charge in [-0.3, -0.25) is 19.2 Å². The molecule has 0 saturated heterocycles. The third-order valence-corrected chi connectivity index (χ3v) is 9.60. The van der Waals surface area contributed by atoms with E-state index in [0.29, 0.717) is 19.4 Å². The summed E-state index contributed by atoms with van der Waals surface area (Å²) in [7, 11) is 0. The lowest BCUT2D eigenvalue weighted by atomic mass is 9.85. The van der Waals surface area contributed by atoms with E-state index in [4.69, 9.17) is 5.73 Å². The minimum atomic E-state index is -0.849. The Hall–Kier alpha value is -4.04. The second kappa shape index (κ2) is 17.8. The first-order valence-electron chi connectivity index (χ1n) is 17.4. The number of Topliss-reactive ketones (excluding diaryl/α,β-unsaturated/α-hetero) is 1. The van der Waals surface area contributed by atoms with E-state index in [2.05, 4.69) is 28.1 Å². The number of unbranched alkanes of at least 4 members (excludes halogenated alkanes) is 1. The van der Waals surface area contributed by atoms with Crippen molar-refractivity contribution >= 4 is 34.3 Å². The molecule has 4 rings (SSSR count). The summed E-state index contributed by atoms with van der Waals surface area (Å²) in [5.41, 5.74) is 9.08. The Morgan fingerprint density at radius 2 is 1.64 bits per heavy atom. The molecule has 0 saturated carbocycles. The van der Waals surface area contributed by atoms with Gasteiger partial charge >= 0.3 is 0 Å². The van der Waals surface area contributed by atoms with Crippen LogP contribution in [0.4, 0.5) is 0 Å². The van der Waals surface area contributed by atoms with Gasteiger partial charge in [-0.05, 0) is 72.0 Å². The zero-order valence-electron chi connectivity index (χ0n) is 28.2. The van der Waals surface area contributed by atoms with E-state index in [1.165, 1.54) is 5.56 Å². The molecule has 5 atom stereocenters. The van der Waals surface area contributed by atoms with Crippen molar-refractivity contribution in [1.82, 2.24) is 16.0 Å².